The van der Waals surface area contributed by atoms with Crippen molar-refractivity contribution < 1.29 is 30.3 Å². The van der Waals surface area contributed by atoms with Crippen molar-refractivity contribution in [3.8, 4) is 17.0 Å². The fourth-order valence-electron chi connectivity index (χ4n) is 9.01. The van der Waals surface area contributed by atoms with E-state index in [0.717, 1.165) is 67.5 Å². The number of aliphatic hydroxyl groups excluding tert-OH is 2. The first-order valence-corrected chi connectivity index (χ1v) is 19.9. The van der Waals surface area contributed by atoms with Crippen molar-refractivity contribution in [2.45, 2.75) is 127 Å². The Morgan fingerprint density at radius 2 is 1.85 bits per heavy atom. The normalized spacial score (nSPS) is 27.1. The number of phenolic OH excluding ortho intramolecular Hbond substituents is 1. The van der Waals surface area contributed by atoms with E-state index >= 15 is 0 Å². The van der Waals surface area contributed by atoms with E-state index < -0.39 is 23.6 Å². The van der Waals surface area contributed by atoms with Crippen LogP contribution < -0.4 is 11.1 Å². The molecule has 9 nitrogen and oxygen atoms in total. The first kappa shape index (κ1) is 39.7. The molecule has 5 rings (SSSR count). The first-order chi connectivity index (χ1) is 25.0. The minimum atomic E-state index is -1.06. The molecule has 2 heterocycles. The number of aliphatic hydroxyl groups is 3. The van der Waals surface area contributed by atoms with Crippen LogP contribution in [0.2, 0.25) is 0 Å². The van der Waals surface area contributed by atoms with Gasteiger partial charge in [-0.3, -0.25) is 4.79 Å². The van der Waals surface area contributed by atoms with E-state index in [1.165, 1.54) is 19.3 Å². The number of aromatic hydroxyl groups is 1. The van der Waals surface area contributed by atoms with Crippen LogP contribution in [0.1, 0.15) is 109 Å². The molecule has 9 N–H and O–H groups in total. The second-order valence-electron chi connectivity index (χ2n) is 16.0. The molecule has 8 unspecified atom stereocenters. The summed E-state index contributed by atoms with van der Waals surface area (Å²) >= 11 is 0. The molecule has 52 heavy (non-hydrogen) atoms. The number of nitrogens with one attached hydrogen (secondary N) is 2. The molecule has 1 aliphatic heterocycles. The van der Waals surface area contributed by atoms with Crippen LogP contribution in [0.4, 0.5) is 0 Å². The molecular weight excluding hydrogens is 654 g/mol. The maximum absolute atomic E-state index is 12.3. The predicted molar refractivity (Wildman–Crippen MR) is 206 cm³/mol. The minimum Gasteiger partial charge on any atom is -0.508 e. The first-order valence-electron chi connectivity index (χ1n) is 19.9. The lowest BCUT2D eigenvalue weighted by Gasteiger charge is -2.32. The van der Waals surface area contributed by atoms with Crippen LogP contribution >= 0.6 is 0 Å². The number of aliphatic carboxylic acids is 1. The Kier molecular flexibility index (Phi) is 14.5. The van der Waals surface area contributed by atoms with Gasteiger partial charge in [-0.15, -0.1) is 0 Å². The molecule has 1 aromatic heterocycles. The maximum atomic E-state index is 12.3. The standard InChI is InChI=1S/C43H63N3O6/c1-2-3-5-9-29-14-15-32(40(49)24-29)10-6-4-7-13-37(42(50)51)39(48)18-20-43(52)28-31(22-30-19-21-45-41(44)25-30)23-34(43)27-35-16-17-38(46-35)33-11-8-12-36(47)26-33/h8,11-12,14-17,19,25-26,29,31-32,34,37,39-40,45-49,52H,2-7,9-10,13,18,20-24,27-28,44H2,1H3,(H,50,51). The molecule has 0 saturated heterocycles. The summed E-state index contributed by atoms with van der Waals surface area (Å²) in [5, 5.41) is 57.4. The van der Waals surface area contributed by atoms with Gasteiger partial charge in [0.05, 0.1) is 29.5 Å². The highest BCUT2D eigenvalue weighted by atomic mass is 16.4. The molecule has 2 aliphatic carbocycles. The van der Waals surface area contributed by atoms with E-state index in [4.69, 9.17) is 5.73 Å². The smallest absolute Gasteiger partial charge is 0.309 e. The summed E-state index contributed by atoms with van der Waals surface area (Å²) in [6.07, 6.45) is 19.9. The number of benzene rings is 1. The van der Waals surface area contributed by atoms with E-state index in [-0.39, 0.29) is 36.0 Å². The topological polar surface area (TPSA) is 172 Å². The van der Waals surface area contributed by atoms with Gasteiger partial charge in [-0.2, -0.15) is 0 Å². The van der Waals surface area contributed by atoms with Gasteiger partial charge in [0.2, 0.25) is 0 Å². The molecule has 8 atom stereocenters. The summed E-state index contributed by atoms with van der Waals surface area (Å²) < 4.78 is 0. The van der Waals surface area contributed by atoms with Crippen molar-refractivity contribution in [2.75, 3.05) is 6.54 Å². The second kappa shape index (κ2) is 19.0. The Labute approximate surface area is 310 Å². The molecule has 2 aromatic rings. The van der Waals surface area contributed by atoms with Crippen molar-refractivity contribution in [1.29, 1.82) is 0 Å². The lowest BCUT2D eigenvalue weighted by atomic mass is 9.80. The average molecular weight is 718 g/mol. The third-order valence-electron chi connectivity index (χ3n) is 12.0. The lowest BCUT2D eigenvalue weighted by molar-refractivity contribution is -0.146. The number of nitrogens with two attached hydrogens (primary N) is 1. The largest absolute Gasteiger partial charge is 0.508 e. The Hall–Kier alpha value is -3.53. The summed E-state index contributed by atoms with van der Waals surface area (Å²) in [7, 11) is 0. The van der Waals surface area contributed by atoms with Crippen molar-refractivity contribution in [3.05, 3.63) is 77.8 Å². The molecule has 0 bridgehead atoms. The van der Waals surface area contributed by atoms with Gasteiger partial charge in [0, 0.05) is 29.4 Å². The van der Waals surface area contributed by atoms with Crippen molar-refractivity contribution in [3.63, 3.8) is 0 Å². The molecule has 1 saturated carbocycles. The van der Waals surface area contributed by atoms with E-state index in [2.05, 4.69) is 35.5 Å². The zero-order valence-corrected chi connectivity index (χ0v) is 31.1. The monoisotopic (exact) mass is 717 g/mol. The minimum absolute atomic E-state index is 0.0805. The van der Waals surface area contributed by atoms with Crippen LogP contribution in [-0.2, 0) is 11.2 Å². The van der Waals surface area contributed by atoms with Gasteiger partial charge in [-0.25, -0.2) is 0 Å². The fraction of sp³-hybridized carbons (Fsp3) is 0.605. The van der Waals surface area contributed by atoms with E-state index in [9.17, 15) is 30.3 Å². The number of carbonyl (C=O) groups is 1. The molecule has 9 heteroatoms. The number of unbranched alkanes of at least 4 members (excludes halogenated alkanes) is 4. The summed E-state index contributed by atoms with van der Waals surface area (Å²) in [6, 6.07) is 11.1. The highest BCUT2D eigenvalue weighted by molar-refractivity contribution is 5.70. The summed E-state index contributed by atoms with van der Waals surface area (Å²) in [5.41, 5.74) is 8.89. The van der Waals surface area contributed by atoms with Crippen LogP contribution in [0.3, 0.4) is 0 Å². The number of rotatable bonds is 20. The van der Waals surface area contributed by atoms with Gasteiger partial charge in [0.1, 0.15) is 5.75 Å². The number of allylic oxidation sites excluding steroid dienone is 3. The van der Waals surface area contributed by atoms with Gasteiger partial charge in [-0.05, 0) is 118 Å². The van der Waals surface area contributed by atoms with E-state index in [1.807, 2.05) is 30.3 Å². The van der Waals surface area contributed by atoms with Crippen molar-refractivity contribution in [2.24, 2.45) is 35.3 Å². The molecule has 0 amide bonds. The molecule has 0 radical (unpaired) electrons. The average Bonchev–Trinajstić information content (AvgIpc) is 3.70. The van der Waals surface area contributed by atoms with E-state index in [0.29, 0.717) is 50.4 Å². The number of carboxylic acids is 1. The van der Waals surface area contributed by atoms with E-state index in [1.54, 1.807) is 12.1 Å². The Balaban J connectivity index is 1.15. The fourth-order valence-corrected chi connectivity index (χ4v) is 9.01. The molecule has 286 valence electrons. The molecule has 0 spiro atoms. The number of H-pyrrole nitrogens is 1. The Morgan fingerprint density at radius 3 is 2.60 bits per heavy atom. The molecule has 3 aliphatic rings. The highest BCUT2D eigenvalue weighted by Crippen LogP contribution is 2.47. The summed E-state index contributed by atoms with van der Waals surface area (Å²) in [5.74, 6) is -0.257. The number of hydrogen-bond donors (Lipinski definition) is 8. The number of aromatic amines is 1. The molecule has 1 aromatic carbocycles. The quantitative estimate of drug-likeness (QED) is 0.0520. The lowest BCUT2D eigenvalue weighted by Crippen LogP contribution is -2.37. The highest BCUT2D eigenvalue weighted by Gasteiger charge is 2.46. The Morgan fingerprint density at radius 1 is 1.02 bits per heavy atom. The number of carboxylic acid groups (broad SMARTS) is 1. The van der Waals surface area contributed by atoms with Gasteiger partial charge in [-0.1, -0.05) is 75.8 Å². The van der Waals surface area contributed by atoms with Gasteiger partial charge in [0.15, 0.2) is 0 Å². The van der Waals surface area contributed by atoms with Crippen LogP contribution in [-0.4, -0.2) is 60.8 Å². The number of aromatic nitrogens is 1. The van der Waals surface area contributed by atoms with Crippen LogP contribution in [0.5, 0.6) is 5.75 Å². The van der Waals surface area contributed by atoms with Gasteiger partial charge < -0.3 is 41.6 Å². The number of phenols is 1. The van der Waals surface area contributed by atoms with Crippen LogP contribution in [0.15, 0.2) is 72.1 Å². The van der Waals surface area contributed by atoms with Crippen LogP contribution in [0, 0.1) is 29.6 Å². The van der Waals surface area contributed by atoms with Gasteiger partial charge >= 0.3 is 5.97 Å². The Bertz CT molecular complexity index is 1530. The number of hydrogen-bond acceptors (Lipinski definition) is 7. The maximum Gasteiger partial charge on any atom is 0.309 e. The second-order valence-corrected chi connectivity index (χ2v) is 16.0. The number of dihydropyridines is 1. The summed E-state index contributed by atoms with van der Waals surface area (Å²) in [4.78, 5) is 15.8. The van der Waals surface area contributed by atoms with Gasteiger partial charge in [0.25, 0.3) is 0 Å². The zero-order valence-electron chi connectivity index (χ0n) is 31.1. The molecular formula is C43H63N3O6. The van der Waals surface area contributed by atoms with Crippen molar-refractivity contribution >= 4 is 5.97 Å². The third-order valence-corrected chi connectivity index (χ3v) is 12.0. The molecule has 1 fully saturated rings. The van der Waals surface area contributed by atoms with Crippen molar-refractivity contribution in [1.82, 2.24) is 10.3 Å². The zero-order chi connectivity index (χ0) is 37.1. The predicted octanol–water partition coefficient (Wildman–Crippen LogP) is 7.33. The van der Waals surface area contributed by atoms with Crippen LogP contribution in [0.25, 0.3) is 11.3 Å². The summed E-state index contributed by atoms with van der Waals surface area (Å²) in [6.45, 7) is 2.89. The SMILES string of the molecule is CCCCCC1C=CC(CCCCCC(C(=O)O)C(O)CCC2(O)CC(CC3=CCNC(N)=C3)CC2Cc2ccc(-c3cccc(O)c3)[nH]2)C(O)C1. The third kappa shape index (κ3) is 11.2.